The molecule has 0 aromatic rings. The molecule has 0 radical (unpaired) electrons. The first kappa shape index (κ1) is 15.7. The summed E-state index contributed by atoms with van der Waals surface area (Å²) in [5.74, 6) is -1.06. The van der Waals surface area contributed by atoms with E-state index in [1.807, 2.05) is 0 Å². The quantitative estimate of drug-likeness (QED) is 0.588. The van der Waals surface area contributed by atoms with Gasteiger partial charge >= 0.3 is 12.0 Å². The molecule has 1 aliphatic heterocycles. The summed E-state index contributed by atoms with van der Waals surface area (Å²) in [4.78, 5) is 23.9. The van der Waals surface area contributed by atoms with Crippen LogP contribution in [0.25, 0.3) is 0 Å². The van der Waals surface area contributed by atoms with Gasteiger partial charge in [-0.2, -0.15) is 0 Å². The number of methoxy groups -OCH3 is 1. The Labute approximate surface area is 111 Å². The summed E-state index contributed by atoms with van der Waals surface area (Å²) in [7, 11) is 1.59. The van der Waals surface area contributed by atoms with Crippen LogP contribution in [0.1, 0.15) is 0 Å². The summed E-state index contributed by atoms with van der Waals surface area (Å²) in [6.07, 6.45) is -0.947. The second-order valence-electron chi connectivity index (χ2n) is 3.98. The lowest BCUT2D eigenvalue weighted by Gasteiger charge is -2.30. The van der Waals surface area contributed by atoms with Crippen molar-refractivity contribution in [1.29, 1.82) is 0 Å². The highest BCUT2D eigenvalue weighted by Crippen LogP contribution is 2.05. The maximum Gasteiger partial charge on any atom is 0.334 e. The van der Waals surface area contributed by atoms with Crippen molar-refractivity contribution in [3.63, 3.8) is 0 Å². The highest BCUT2D eigenvalue weighted by Gasteiger charge is 2.28. The number of carbonyl (C=O) groups excluding carboxylic acids is 1. The Morgan fingerprint density at radius 3 is 2.89 bits per heavy atom. The number of hydrogen-bond donors (Lipinski definition) is 2. The molecule has 1 fully saturated rings. The fourth-order valence-corrected chi connectivity index (χ4v) is 1.57. The van der Waals surface area contributed by atoms with Crippen LogP contribution in [0.4, 0.5) is 4.79 Å². The molecule has 1 rings (SSSR count). The molecule has 0 bridgehead atoms. The number of carboxylic acids is 1. The molecule has 2 N–H and O–H groups in total. The van der Waals surface area contributed by atoms with Gasteiger partial charge in [-0.25, -0.2) is 9.59 Å². The third-order valence-electron chi connectivity index (χ3n) is 2.58. The van der Waals surface area contributed by atoms with Crippen LogP contribution >= 0.6 is 0 Å². The van der Waals surface area contributed by atoms with Crippen molar-refractivity contribution in [3.05, 3.63) is 0 Å². The Balaban J connectivity index is 2.16. The fourth-order valence-electron chi connectivity index (χ4n) is 1.57. The third-order valence-corrected chi connectivity index (χ3v) is 2.58. The number of rotatable bonds is 7. The molecule has 0 spiro atoms. The van der Waals surface area contributed by atoms with E-state index in [1.165, 1.54) is 4.90 Å². The van der Waals surface area contributed by atoms with E-state index in [0.29, 0.717) is 32.9 Å². The summed E-state index contributed by atoms with van der Waals surface area (Å²) in [6.45, 7) is 2.43. The third kappa shape index (κ3) is 5.86. The maximum absolute atomic E-state index is 11.7. The van der Waals surface area contributed by atoms with Crippen LogP contribution in [0.5, 0.6) is 0 Å². The van der Waals surface area contributed by atoms with Crippen molar-refractivity contribution in [2.24, 2.45) is 0 Å². The molecule has 0 aromatic heterocycles. The second kappa shape index (κ2) is 8.68. The lowest BCUT2D eigenvalue weighted by Crippen LogP contribution is -2.52. The lowest BCUT2D eigenvalue weighted by molar-refractivity contribution is -0.154. The number of carboxylic acid groups (broad SMARTS) is 1. The Kier molecular flexibility index (Phi) is 7.16. The molecule has 8 heteroatoms. The Bertz CT molecular complexity index is 299. The zero-order valence-corrected chi connectivity index (χ0v) is 11.0. The summed E-state index contributed by atoms with van der Waals surface area (Å²) in [5.41, 5.74) is 0. The monoisotopic (exact) mass is 276 g/mol. The van der Waals surface area contributed by atoms with Crippen LogP contribution in [0, 0.1) is 0 Å². The van der Waals surface area contributed by atoms with Crippen molar-refractivity contribution in [2.45, 2.75) is 6.10 Å². The van der Waals surface area contributed by atoms with Crippen molar-refractivity contribution in [3.8, 4) is 0 Å². The minimum atomic E-state index is -1.06. The average Bonchev–Trinajstić information content (AvgIpc) is 2.42. The van der Waals surface area contributed by atoms with Crippen LogP contribution in [-0.4, -0.2) is 81.3 Å². The zero-order valence-electron chi connectivity index (χ0n) is 11.0. The minimum absolute atomic E-state index is 0.0612. The summed E-state index contributed by atoms with van der Waals surface area (Å²) < 4.78 is 15.0. The number of urea groups is 1. The van der Waals surface area contributed by atoms with Crippen molar-refractivity contribution in [2.75, 3.05) is 53.2 Å². The zero-order chi connectivity index (χ0) is 14.1. The predicted molar refractivity (Wildman–Crippen MR) is 65.0 cm³/mol. The molecule has 19 heavy (non-hydrogen) atoms. The average molecular weight is 276 g/mol. The Morgan fingerprint density at radius 1 is 1.42 bits per heavy atom. The van der Waals surface area contributed by atoms with E-state index < -0.39 is 12.1 Å². The predicted octanol–water partition coefficient (Wildman–Crippen LogP) is -0.856. The summed E-state index contributed by atoms with van der Waals surface area (Å²) >= 11 is 0. The fraction of sp³-hybridized carbons (Fsp3) is 0.818. The molecule has 1 aliphatic rings. The van der Waals surface area contributed by atoms with Gasteiger partial charge in [0.15, 0.2) is 6.10 Å². The van der Waals surface area contributed by atoms with E-state index in [2.05, 4.69) is 5.32 Å². The first-order chi connectivity index (χ1) is 9.15. The number of aliphatic carboxylic acids is 1. The highest BCUT2D eigenvalue weighted by molar-refractivity contribution is 5.77. The molecule has 2 amide bonds. The van der Waals surface area contributed by atoms with Gasteiger partial charge in [-0.3, -0.25) is 0 Å². The summed E-state index contributed by atoms with van der Waals surface area (Å²) in [6, 6.07) is -0.301. The van der Waals surface area contributed by atoms with Crippen LogP contribution in [0.3, 0.4) is 0 Å². The van der Waals surface area contributed by atoms with Crippen molar-refractivity contribution in [1.82, 2.24) is 10.2 Å². The van der Waals surface area contributed by atoms with E-state index in [0.717, 1.165) is 0 Å². The number of ether oxygens (including phenoxy) is 3. The minimum Gasteiger partial charge on any atom is -0.479 e. The van der Waals surface area contributed by atoms with Gasteiger partial charge in [-0.15, -0.1) is 0 Å². The van der Waals surface area contributed by atoms with Gasteiger partial charge < -0.3 is 29.5 Å². The largest absolute Gasteiger partial charge is 0.479 e. The molecular formula is C11H20N2O6. The number of carbonyl (C=O) groups is 2. The van der Waals surface area contributed by atoms with Gasteiger partial charge in [-0.1, -0.05) is 0 Å². The molecule has 0 aromatic carbocycles. The molecule has 1 heterocycles. The molecular weight excluding hydrogens is 256 g/mol. The smallest absolute Gasteiger partial charge is 0.334 e. The number of hydrogen-bond acceptors (Lipinski definition) is 5. The van der Waals surface area contributed by atoms with Gasteiger partial charge in [-0.05, 0) is 0 Å². The highest BCUT2D eigenvalue weighted by atomic mass is 16.5. The van der Waals surface area contributed by atoms with E-state index >= 15 is 0 Å². The number of nitrogens with one attached hydrogen (secondary N) is 1. The molecule has 0 saturated carbocycles. The lowest BCUT2D eigenvalue weighted by atomic mass is 10.3. The Hall–Kier alpha value is -1.38. The maximum atomic E-state index is 11.7. The normalized spacial score (nSPS) is 19.2. The van der Waals surface area contributed by atoms with Crippen molar-refractivity contribution < 1.29 is 28.9 Å². The van der Waals surface area contributed by atoms with Gasteiger partial charge in [0.25, 0.3) is 0 Å². The molecule has 1 unspecified atom stereocenters. The first-order valence-corrected chi connectivity index (χ1v) is 6.09. The Morgan fingerprint density at radius 2 is 2.21 bits per heavy atom. The van der Waals surface area contributed by atoms with Gasteiger partial charge in [0.1, 0.15) is 0 Å². The SMILES string of the molecule is COCCOCCNC(=O)N1CCOC(C(=O)O)C1. The molecule has 8 nitrogen and oxygen atoms in total. The molecule has 1 saturated heterocycles. The van der Waals surface area contributed by atoms with E-state index in [-0.39, 0.29) is 19.2 Å². The van der Waals surface area contributed by atoms with Gasteiger partial charge in [0, 0.05) is 20.2 Å². The standard InChI is InChI=1S/C11H20N2O6/c1-17-6-7-18-4-2-12-11(16)13-3-5-19-9(8-13)10(14)15/h9H,2-8H2,1H3,(H,12,16)(H,14,15). The molecule has 1 atom stereocenters. The van der Waals surface area contributed by atoms with E-state index in [4.69, 9.17) is 19.3 Å². The van der Waals surface area contributed by atoms with Gasteiger partial charge in [0.2, 0.25) is 0 Å². The molecule has 0 aliphatic carbocycles. The van der Waals surface area contributed by atoms with E-state index in [1.54, 1.807) is 7.11 Å². The summed E-state index contributed by atoms with van der Waals surface area (Å²) in [5, 5.41) is 11.5. The first-order valence-electron chi connectivity index (χ1n) is 6.09. The van der Waals surface area contributed by atoms with E-state index in [9.17, 15) is 9.59 Å². The molecule has 110 valence electrons. The number of nitrogens with zero attached hydrogens (tertiary/aromatic N) is 1. The van der Waals surface area contributed by atoms with Crippen LogP contribution in [0.2, 0.25) is 0 Å². The number of morpholine rings is 1. The van der Waals surface area contributed by atoms with Crippen LogP contribution in [-0.2, 0) is 19.0 Å². The van der Waals surface area contributed by atoms with Crippen molar-refractivity contribution >= 4 is 12.0 Å². The topological polar surface area (TPSA) is 97.3 Å². The van der Waals surface area contributed by atoms with Crippen LogP contribution < -0.4 is 5.32 Å². The second-order valence-corrected chi connectivity index (χ2v) is 3.98. The van der Waals surface area contributed by atoms with Crippen LogP contribution in [0.15, 0.2) is 0 Å². The van der Waals surface area contributed by atoms with Gasteiger partial charge in [0.05, 0.1) is 33.0 Å². The number of amides is 2.